The zero-order valence-electron chi connectivity index (χ0n) is 9.91. The monoisotopic (exact) mass is 309 g/mol. The molecule has 7 heteroatoms. The van der Waals surface area contributed by atoms with Crippen molar-refractivity contribution in [3.05, 3.63) is 33.8 Å². The predicted octanol–water partition coefficient (Wildman–Crippen LogP) is 2.99. The van der Waals surface area contributed by atoms with E-state index in [4.69, 9.17) is 33.1 Å². The van der Waals surface area contributed by atoms with Crippen LogP contribution < -0.4 is 9.88 Å². The Labute approximate surface area is 116 Å². The zero-order valence-corrected chi connectivity index (χ0v) is 12.2. The van der Waals surface area contributed by atoms with E-state index in [2.05, 4.69) is 0 Å². The van der Waals surface area contributed by atoms with Crippen LogP contribution in [-0.4, -0.2) is 15.0 Å². The van der Waals surface area contributed by atoms with Crippen LogP contribution in [0, 0.1) is 0 Å². The number of benzene rings is 1. The fourth-order valence-electron chi connectivity index (χ4n) is 1.14. The van der Waals surface area contributed by atoms with Gasteiger partial charge in [0.05, 0.1) is 5.02 Å². The molecule has 0 amide bonds. The maximum atomic E-state index is 11.2. The molecule has 1 aromatic rings. The van der Waals surface area contributed by atoms with Crippen LogP contribution in [0.25, 0.3) is 0 Å². The number of rotatable bonds is 4. The Kier molecular flexibility index (Phi) is 5.04. The Hall–Kier alpha value is -0.750. The number of halogens is 2. The van der Waals surface area contributed by atoms with Crippen LogP contribution in [0.5, 0.6) is 5.75 Å². The standard InChI is InChI=1S/C11H13Cl2NO3S/c1-7(2)5-6-17-8-3-4-9(18(14,15)16)11(13)10(8)12/h3-5H,6H2,1-2H3,(H2,14,15,16). The lowest BCUT2D eigenvalue weighted by Crippen LogP contribution is -2.13. The summed E-state index contributed by atoms with van der Waals surface area (Å²) in [5, 5.41) is 4.90. The van der Waals surface area contributed by atoms with E-state index in [-0.39, 0.29) is 14.9 Å². The minimum absolute atomic E-state index is 0.0327. The zero-order chi connectivity index (χ0) is 13.9. The molecule has 100 valence electrons. The summed E-state index contributed by atoms with van der Waals surface area (Å²) >= 11 is 11.8. The summed E-state index contributed by atoms with van der Waals surface area (Å²) in [4.78, 5) is -0.219. The van der Waals surface area contributed by atoms with Gasteiger partial charge in [-0.15, -0.1) is 0 Å². The van der Waals surface area contributed by atoms with Crippen molar-refractivity contribution in [1.29, 1.82) is 0 Å². The number of nitrogens with two attached hydrogens (primary N) is 1. The summed E-state index contributed by atoms with van der Waals surface area (Å²) in [7, 11) is -3.89. The summed E-state index contributed by atoms with van der Waals surface area (Å²) < 4.78 is 27.8. The molecular formula is C11H13Cl2NO3S. The Morgan fingerprint density at radius 3 is 2.44 bits per heavy atom. The van der Waals surface area contributed by atoms with Crippen LogP contribution in [0.15, 0.2) is 28.7 Å². The number of hydrogen-bond acceptors (Lipinski definition) is 3. The van der Waals surface area contributed by atoms with Gasteiger partial charge >= 0.3 is 0 Å². The minimum Gasteiger partial charge on any atom is -0.488 e. The lowest BCUT2D eigenvalue weighted by molar-refractivity contribution is 0.362. The van der Waals surface area contributed by atoms with Crippen molar-refractivity contribution in [3.63, 3.8) is 0 Å². The average molecular weight is 310 g/mol. The Morgan fingerprint density at radius 2 is 1.94 bits per heavy atom. The normalized spacial score (nSPS) is 11.2. The maximum absolute atomic E-state index is 11.2. The van der Waals surface area contributed by atoms with Crippen LogP contribution in [0.1, 0.15) is 13.8 Å². The van der Waals surface area contributed by atoms with Gasteiger partial charge in [0.15, 0.2) is 0 Å². The third kappa shape index (κ3) is 3.88. The number of hydrogen-bond donors (Lipinski definition) is 1. The second-order valence-corrected chi connectivity index (χ2v) is 6.11. The van der Waals surface area contributed by atoms with Crippen molar-refractivity contribution in [1.82, 2.24) is 0 Å². The first-order valence-electron chi connectivity index (χ1n) is 5.00. The van der Waals surface area contributed by atoms with Gasteiger partial charge in [-0.2, -0.15) is 0 Å². The molecule has 0 aliphatic rings. The number of primary sulfonamides is 1. The fourth-order valence-corrected chi connectivity index (χ4v) is 2.51. The highest BCUT2D eigenvalue weighted by molar-refractivity contribution is 7.89. The van der Waals surface area contributed by atoms with E-state index in [1.165, 1.54) is 12.1 Å². The molecule has 0 aliphatic carbocycles. The van der Waals surface area contributed by atoms with Crippen LogP contribution >= 0.6 is 23.2 Å². The molecule has 0 unspecified atom stereocenters. The second kappa shape index (κ2) is 5.93. The van der Waals surface area contributed by atoms with Gasteiger partial charge in [0.2, 0.25) is 10.0 Å². The highest BCUT2D eigenvalue weighted by atomic mass is 35.5. The molecular weight excluding hydrogens is 297 g/mol. The van der Waals surface area contributed by atoms with Gasteiger partial charge in [0.1, 0.15) is 22.3 Å². The summed E-state index contributed by atoms with van der Waals surface area (Å²) in [6, 6.07) is 2.69. The van der Waals surface area contributed by atoms with Crippen LogP contribution in [0.3, 0.4) is 0 Å². The van der Waals surface area contributed by atoms with E-state index in [0.717, 1.165) is 5.57 Å². The van der Waals surface area contributed by atoms with E-state index in [0.29, 0.717) is 12.4 Å². The quantitative estimate of drug-likeness (QED) is 0.869. The molecule has 0 heterocycles. The van der Waals surface area contributed by atoms with Crippen molar-refractivity contribution >= 4 is 33.2 Å². The van der Waals surface area contributed by atoms with E-state index in [1.807, 2.05) is 19.9 Å². The lowest BCUT2D eigenvalue weighted by atomic mass is 10.3. The van der Waals surface area contributed by atoms with Crippen LogP contribution in [0.4, 0.5) is 0 Å². The third-order valence-electron chi connectivity index (χ3n) is 2.05. The van der Waals surface area contributed by atoms with Gasteiger partial charge in [0, 0.05) is 0 Å². The highest BCUT2D eigenvalue weighted by Gasteiger charge is 2.18. The van der Waals surface area contributed by atoms with Gasteiger partial charge in [-0.3, -0.25) is 0 Å². The maximum Gasteiger partial charge on any atom is 0.239 e. The smallest absolute Gasteiger partial charge is 0.239 e. The molecule has 0 aromatic heterocycles. The van der Waals surface area contributed by atoms with Crippen molar-refractivity contribution in [2.75, 3.05) is 6.61 Å². The first kappa shape index (κ1) is 15.3. The molecule has 0 radical (unpaired) electrons. The number of ether oxygens (including phenoxy) is 1. The molecule has 0 aliphatic heterocycles. The molecule has 0 saturated carbocycles. The minimum atomic E-state index is -3.89. The molecule has 0 saturated heterocycles. The molecule has 0 atom stereocenters. The van der Waals surface area contributed by atoms with Crippen LogP contribution in [0.2, 0.25) is 10.0 Å². The van der Waals surface area contributed by atoms with E-state index < -0.39 is 10.0 Å². The van der Waals surface area contributed by atoms with Gasteiger partial charge in [-0.1, -0.05) is 28.8 Å². The largest absolute Gasteiger partial charge is 0.488 e. The van der Waals surface area contributed by atoms with Gasteiger partial charge in [0.25, 0.3) is 0 Å². The summed E-state index contributed by atoms with van der Waals surface area (Å²) in [5.41, 5.74) is 1.10. The van der Waals surface area contributed by atoms with Crippen molar-refractivity contribution in [3.8, 4) is 5.75 Å². The first-order chi connectivity index (χ1) is 8.23. The van der Waals surface area contributed by atoms with E-state index in [1.54, 1.807) is 0 Å². The van der Waals surface area contributed by atoms with Crippen molar-refractivity contribution in [2.24, 2.45) is 5.14 Å². The number of allylic oxidation sites excluding steroid dienone is 1. The number of sulfonamides is 1. The Bertz CT molecular complexity index is 578. The molecule has 0 fully saturated rings. The lowest BCUT2D eigenvalue weighted by Gasteiger charge is -2.09. The molecule has 2 N–H and O–H groups in total. The van der Waals surface area contributed by atoms with Crippen LogP contribution in [-0.2, 0) is 10.0 Å². The SMILES string of the molecule is CC(C)=CCOc1ccc(S(N)(=O)=O)c(Cl)c1Cl. The van der Waals surface area contributed by atoms with Gasteiger partial charge < -0.3 is 4.74 Å². The first-order valence-corrected chi connectivity index (χ1v) is 7.30. The van der Waals surface area contributed by atoms with Gasteiger partial charge in [-0.25, -0.2) is 13.6 Å². The van der Waals surface area contributed by atoms with E-state index >= 15 is 0 Å². The molecule has 0 spiro atoms. The summed E-state index contributed by atoms with van der Waals surface area (Å²) in [5.74, 6) is 0.312. The summed E-state index contributed by atoms with van der Waals surface area (Å²) in [6.07, 6.45) is 1.86. The Morgan fingerprint density at radius 1 is 1.33 bits per heavy atom. The highest BCUT2D eigenvalue weighted by Crippen LogP contribution is 2.36. The topological polar surface area (TPSA) is 69.4 Å². The summed E-state index contributed by atoms with van der Waals surface area (Å²) in [6.45, 7) is 4.19. The van der Waals surface area contributed by atoms with Crippen molar-refractivity contribution < 1.29 is 13.2 Å². The molecule has 18 heavy (non-hydrogen) atoms. The average Bonchev–Trinajstić information content (AvgIpc) is 2.22. The second-order valence-electron chi connectivity index (χ2n) is 3.83. The van der Waals surface area contributed by atoms with E-state index in [9.17, 15) is 8.42 Å². The molecule has 0 bridgehead atoms. The third-order valence-corrected chi connectivity index (χ3v) is 3.98. The van der Waals surface area contributed by atoms with Crippen molar-refractivity contribution in [2.45, 2.75) is 18.7 Å². The fraction of sp³-hybridized carbons (Fsp3) is 0.273. The predicted molar refractivity (Wildman–Crippen MR) is 72.8 cm³/mol. The molecule has 1 rings (SSSR count). The molecule has 1 aromatic carbocycles. The Balaban J connectivity index is 3.06. The molecule has 4 nitrogen and oxygen atoms in total. The van der Waals surface area contributed by atoms with Gasteiger partial charge in [-0.05, 0) is 32.1 Å².